The lowest BCUT2D eigenvalue weighted by atomic mass is 10.0. The Kier molecular flexibility index (Phi) is 12.0. The lowest BCUT2D eigenvalue weighted by molar-refractivity contribution is -0.148. The number of carbonyl (C=O) groups excluding carboxylic acids is 2. The zero-order valence-corrected chi connectivity index (χ0v) is 29.5. The number of rotatable bonds is 15. The lowest BCUT2D eigenvalue weighted by Crippen LogP contribution is -2.52. The van der Waals surface area contributed by atoms with Gasteiger partial charge in [-0.25, -0.2) is 14.8 Å². The van der Waals surface area contributed by atoms with Crippen molar-refractivity contribution in [2.75, 3.05) is 13.2 Å². The van der Waals surface area contributed by atoms with Gasteiger partial charge in [0.1, 0.15) is 17.8 Å². The van der Waals surface area contributed by atoms with Gasteiger partial charge in [0, 0.05) is 42.7 Å². The Labute approximate surface area is 294 Å². The van der Waals surface area contributed by atoms with Crippen molar-refractivity contribution in [2.24, 2.45) is 0 Å². The molecule has 5 rings (SSSR count). The Morgan fingerprint density at radius 2 is 1.60 bits per heavy atom. The quantitative estimate of drug-likeness (QED) is 0.135. The molecule has 11 nitrogen and oxygen atoms in total. The first-order valence-corrected chi connectivity index (χ1v) is 17.6. The number of carboxylic acids is 1. The molecule has 0 bridgehead atoms. The molecule has 0 radical (unpaired) electrons. The number of aliphatic carboxylic acids is 1. The van der Waals surface area contributed by atoms with Crippen molar-refractivity contribution in [1.82, 2.24) is 30.0 Å². The summed E-state index contributed by atoms with van der Waals surface area (Å²) in [7, 11) is 0. The second kappa shape index (κ2) is 16.6. The first-order chi connectivity index (χ1) is 24.0. The maximum absolute atomic E-state index is 13.7. The average molecular weight is 681 g/mol. The van der Waals surface area contributed by atoms with Crippen LogP contribution in [0.2, 0.25) is 0 Å². The number of likely N-dealkylation sites (tertiary alicyclic amines) is 1. The van der Waals surface area contributed by atoms with Gasteiger partial charge in [0.25, 0.3) is 5.91 Å². The van der Waals surface area contributed by atoms with E-state index in [9.17, 15) is 19.5 Å². The zero-order valence-electron chi connectivity index (χ0n) is 29.5. The first-order valence-electron chi connectivity index (χ1n) is 17.6. The molecule has 2 aromatic heterocycles. The van der Waals surface area contributed by atoms with Crippen LogP contribution in [0.5, 0.6) is 5.75 Å². The van der Waals surface area contributed by atoms with Gasteiger partial charge in [-0.15, -0.1) is 0 Å². The van der Waals surface area contributed by atoms with E-state index in [1.165, 1.54) is 36.8 Å². The van der Waals surface area contributed by atoms with Crippen LogP contribution in [-0.2, 0) is 21.5 Å². The van der Waals surface area contributed by atoms with Crippen LogP contribution in [0.4, 0.5) is 0 Å². The Hall–Kier alpha value is -5.06. The third kappa shape index (κ3) is 9.34. The van der Waals surface area contributed by atoms with Crippen molar-refractivity contribution in [3.63, 3.8) is 0 Å². The summed E-state index contributed by atoms with van der Waals surface area (Å²) in [5.74, 6) is -0.505. The van der Waals surface area contributed by atoms with E-state index in [0.29, 0.717) is 30.8 Å². The van der Waals surface area contributed by atoms with Gasteiger partial charge in [0.05, 0.1) is 23.9 Å². The second-order valence-corrected chi connectivity index (χ2v) is 13.9. The van der Waals surface area contributed by atoms with Crippen LogP contribution >= 0.6 is 0 Å². The van der Waals surface area contributed by atoms with E-state index in [1.807, 2.05) is 69.3 Å². The minimum Gasteiger partial charge on any atom is -0.494 e. The number of hydrogen-bond donors (Lipinski definition) is 2. The normalized spacial score (nSPS) is 15.1. The molecule has 1 saturated heterocycles. The molecular weight excluding hydrogens is 632 g/mol. The van der Waals surface area contributed by atoms with Crippen molar-refractivity contribution in [3.8, 4) is 28.3 Å². The Bertz CT molecular complexity index is 1730. The molecule has 0 spiro atoms. The van der Waals surface area contributed by atoms with Crippen LogP contribution < -0.4 is 10.1 Å². The minimum atomic E-state index is -1.04. The van der Waals surface area contributed by atoms with Crippen molar-refractivity contribution >= 4 is 17.8 Å². The molecule has 1 fully saturated rings. The number of ether oxygens (including phenoxy) is 1. The highest BCUT2D eigenvalue weighted by Gasteiger charge is 2.38. The van der Waals surface area contributed by atoms with E-state index in [-0.39, 0.29) is 12.0 Å². The summed E-state index contributed by atoms with van der Waals surface area (Å²) in [6.07, 6.45) is 13.9. The van der Waals surface area contributed by atoms with E-state index < -0.39 is 29.9 Å². The van der Waals surface area contributed by atoms with Crippen LogP contribution in [0.3, 0.4) is 0 Å². The highest BCUT2D eigenvalue weighted by molar-refractivity contribution is 5.98. The predicted octanol–water partition coefficient (Wildman–Crippen LogP) is 6.53. The molecule has 2 amide bonds. The Morgan fingerprint density at radius 3 is 2.24 bits per heavy atom. The molecule has 0 aliphatic carbocycles. The number of hydrogen-bond acceptors (Lipinski definition) is 7. The molecule has 3 heterocycles. The fraction of sp³-hybridized carbons (Fsp3) is 0.436. The van der Waals surface area contributed by atoms with E-state index in [1.54, 1.807) is 23.3 Å². The molecule has 11 heteroatoms. The molecule has 4 aromatic rings. The van der Waals surface area contributed by atoms with Crippen LogP contribution in [-0.4, -0.2) is 72.8 Å². The summed E-state index contributed by atoms with van der Waals surface area (Å²) in [5, 5.41) is 16.9. The topological polar surface area (TPSA) is 140 Å². The van der Waals surface area contributed by atoms with Crippen LogP contribution in [0.15, 0.2) is 73.3 Å². The van der Waals surface area contributed by atoms with Gasteiger partial charge < -0.3 is 20.1 Å². The Balaban J connectivity index is 1.24. The van der Waals surface area contributed by atoms with Gasteiger partial charge in [0.15, 0.2) is 5.82 Å². The summed E-state index contributed by atoms with van der Waals surface area (Å²) in [4.78, 5) is 49.5. The number of nitrogens with one attached hydrogen (secondary N) is 1. The van der Waals surface area contributed by atoms with Gasteiger partial charge in [-0.1, -0.05) is 69.0 Å². The lowest BCUT2D eigenvalue weighted by Gasteiger charge is -2.27. The standard InChI is InChI=1S/C39H48N6O5/c1-5-6-7-8-9-21-50-32-18-16-28(17-19-32)30-23-40-35(41-24-30)29-14-12-27(13-15-29)22-33(37(47)44-20-10-11-34(44)38(48)49)43-36(46)31-25-42-45(26-31)39(2,3)4/h12-19,23-26,33-34H,5-11,20-22H2,1-4H3,(H,43,46)(H,48,49)/t33-,34-/m0/s1. The van der Waals surface area contributed by atoms with Crippen molar-refractivity contribution in [1.29, 1.82) is 0 Å². The van der Waals surface area contributed by atoms with Crippen molar-refractivity contribution in [3.05, 3.63) is 84.4 Å². The van der Waals surface area contributed by atoms with Gasteiger partial charge in [-0.2, -0.15) is 5.10 Å². The summed E-state index contributed by atoms with van der Waals surface area (Å²) in [6, 6.07) is 13.6. The number of benzene rings is 2. The maximum Gasteiger partial charge on any atom is 0.326 e. The third-order valence-corrected chi connectivity index (χ3v) is 8.96. The Morgan fingerprint density at radius 1 is 0.920 bits per heavy atom. The van der Waals surface area contributed by atoms with E-state index >= 15 is 0 Å². The largest absolute Gasteiger partial charge is 0.494 e. The summed E-state index contributed by atoms with van der Waals surface area (Å²) in [5.41, 5.74) is 3.48. The average Bonchev–Trinajstić information content (AvgIpc) is 3.82. The number of carbonyl (C=O) groups is 3. The fourth-order valence-electron chi connectivity index (χ4n) is 6.03. The van der Waals surface area contributed by atoms with Gasteiger partial charge in [-0.05, 0) is 63.3 Å². The SMILES string of the molecule is CCCCCCCOc1ccc(-c2cnc(-c3ccc(C[C@H](NC(=O)c4cnn(C(C)(C)C)c4)C(=O)N4CCC[C@H]4C(=O)O)cc3)nc2)cc1. The maximum atomic E-state index is 13.7. The number of nitrogens with zero attached hydrogens (tertiary/aromatic N) is 5. The molecule has 2 atom stereocenters. The van der Waals surface area contributed by atoms with Gasteiger partial charge >= 0.3 is 5.97 Å². The molecule has 0 unspecified atom stereocenters. The molecule has 50 heavy (non-hydrogen) atoms. The van der Waals surface area contributed by atoms with Crippen LogP contribution in [0.25, 0.3) is 22.5 Å². The zero-order chi connectivity index (χ0) is 35.7. The van der Waals surface area contributed by atoms with E-state index in [2.05, 4.69) is 27.3 Å². The molecule has 1 aliphatic rings. The highest BCUT2D eigenvalue weighted by Crippen LogP contribution is 2.25. The molecular formula is C39H48N6O5. The van der Waals surface area contributed by atoms with Crippen LogP contribution in [0.1, 0.15) is 88.6 Å². The second-order valence-electron chi connectivity index (χ2n) is 13.9. The van der Waals surface area contributed by atoms with Crippen molar-refractivity contribution in [2.45, 2.75) is 96.7 Å². The van der Waals surface area contributed by atoms with E-state index in [0.717, 1.165) is 41.0 Å². The van der Waals surface area contributed by atoms with Crippen molar-refractivity contribution < 1.29 is 24.2 Å². The summed E-state index contributed by atoms with van der Waals surface area (Å²) >= 11 is 0. The molecule has 0 saturated carbocycles. The van der Waals surface area contributed by atoms with Gasteiger partial charge in [-0.3, -0.25) is 14.3 Å². The molecule has 2 N–H and O–H groups in total. The smallest absolute Gasteiger partial charge is 0.326 e. The fourth-order valence-corrected chi connectivity index (χ4v) is 6.03. The molecule has 264 valence electrons. The molecule has 1 aliphatic heterocycles. The number of carboxylic acid groups (broad SMARTS) is 1. The summed E-state index contributed by atoms with van der Waals surface area (Å²) in [6.45, 7) is 9.18. The number of aromatic nitrogens is 4. The third-order valence-electron chi connectivity index (χ3n) is 8.96. The van der Waals surface area contributed by atoms with E-state index in [4.69, 9.17) is 4.74 Å². The molecule has 2 aromatic carbocycles. The van der Waals surface area contributed by atoms with Gasteiger partial charge in [0.2, 0.25) is 5.91 Å². The minimum absolute atomic E-state index is 0.180. The monoisotopic (exact) mass is 680 g/mol. The summed E-state index contributed by atoms with van der Waals surface area (Å²) < 4.78 is 7.58. The first kappa shape index (κ1) is 36.2. The number of unbranched alkanes of at least 4 members (excludes halogenated alkanes) is 4. The predicted molar refractivity (Wildman–Crippen MR) is 192 cm³/mol. The number of amides is 2. The highest BCUT2D eigenvalue weighted by atomic mass is 16.5. The van der Waals surface area contributed by atoms with Crippen LogP contribution in [0, 0.1) is 0 Å².